The topological polar surface area (TPSA) is 81.2 Å². The molecule has 7 nitrogen and oxygen atoms in total. The lowest BCUT2D eigenvalue weighted by Crippen LogP contribution is -2.30. The van der Waals surface area contributed by atoms with Crippen LogP contribution in [0.15, 0.2) is 46.0 Å². The van der Waals surface area contributed by atoms with Crippen LogP contribution in [0.25, 0.3) is 22.4 Å². The number of likely N-dealkylation sites (tertiary alicyclic amines) is 1. The van der Waals surface area contributed by atoms with Crippen LogP contribution in [0.2, 0.25) is 0 Å². The van der Waals surface area contributed by atoms with Crippen molar-refractivity contribution in [3.8, 4) is 11.3 Å². The van der Waals surface area contributed by atoms with Crippen molar-refractivity contribution in [1.82, 2.24) is 19.6 Å². The average Bonchev–Trinajstić information content (AvgIpc) is 3.32. The zero-order valence-corrected chi connectivity index (χ0v) is 13.7. The van der Waals surface area contributed by atoms with Gasteiger partial charge in [0.2, 0.25) is 5.91 Å². The Hall–Kier alpha value is -2.96. The van der Waals surface area contributed by atoms with Crippen molar-refractivity contribution < 1.29 is 9.32 Å². The second-order valence-electron chi connectivity index (χ2n) is 6.16. The van der Waals surface area contributed by atoms with Gasteiger partial charge in [-0.15, -0.1) is 0 Å². The number of fused-ring (bicyclic) bond motifs is 1. The fourth-order valence-electron chi connectivity index (χ4n) is 3.14. The molecule has 7 heteroatoms. The Morgan fingerprint density at radius 2 is 1.92 bits per heavy atom. The molecule has 1 fully saturated rings. The fraction of sp³-hybridized carbons (Fsp3) is 0.333. The van der Waals surface area contributed by atoms with Gasteiger partial charge in [0, 0.05) is 31.6 Å². The minimum Gasteiger partial charge on any atom is -0.348 e. The van der Waals surface area contributed by atoms with Gasteiger partial charge in [-0.05, 0) is 12.8 Å². The van der Waals surface area contributed by atoms with E-state index in [4.69, 9.17) is 4.52 Å². The first-order valence-corrected chi connectivity index (χ1v) is 8.42. The summed E-state index contributed by atoms with van der Waals surface area (Å²) < 4.78 is 6.65. The maximum absolute atomic E-state index is 12.6. The van der Waals surface area contributed by atoms with Gasteiger partial charge in [-0.25, -0.2) is 4.98 Å². The van der Waals surface area contributed by atoms with Gasteiger partial charge in [0.25, 0.3) is 11.1 Å². The highest BCUT2D eigenvalue weighted by molar-refractivity contribution is 5.87. The van der Waals surface area contributed by atoms with E-state index in [1.807, 2.05) is 35.2 Å². The summed E-state index contributed by atoms with van der Waals surface area (Å²) in [6, 6.07) is 9.46. The van der Waals surface area contributed by atoms with Crippen molar-refractivity contribution >= 4 is 17.0 Å². The third-order valence-corrected chi connectivity index (χ3v) is 4.52. The third-order valence-electron chi connectivity index (χ3n) is 4.52. The van der Waals surface area contributed by atoms with Gasteiger partial charge in [0.05, 0.1) is 6.33 Å². The van der Waals surface area contributed by atoms with Gasteiger partial charge in [0.15, 0.2) is 0 Å². The van der Waals surface area contributed by atoms with Crippen LogP contribution in [0.4, 0.5) is 0 Å². The summed E-state index contributed by atoms with van der Waals surface area (Å²) in [6.45, 7) is 1.92. The van der Waals surface area contributed by atoms with Crippen LogP contribution in [0, 0.1) is 0 Å². The molecule has 3 heterocycles. The smallest absolute Gasteiger partial charge is 0.299 e. The highest BCUT2D eigenvalue weighted by Crippen LogP contribution is 2.23. The predicted molar refractivity (Wildman–Crippen MR) is 91.9 cm³/mol. The molecule has 1 amide bonds. The highest BCUT2D eigenvalue weighted by atomic mass is 16.5. The number of hydrogen-bond donors (Lipinski definition) is 0. The van der Waals surface area contributed by atoms with Crippen molar-refractivity contribution in [2.45, 2.75) is 25.8 Å². The molecule has 0 aliphatic carbocycles. The largest absolute Gasteiger partial charge is 0.348 e. The van der Waals surface area contributed by atoms with E-state index in [-0.39, 0.29) is 23.5 Å². The number of hydrogen-bond acceptors (Lipinski definition) is 5. The summed E-state index contributed by atoms with van der Waals surface area (Å²) in [4.78, 5) is 30.9. The lowest BCUT2D eigenvalue weighted by atomic mass is 10.1. The summed E-state index contributed by atoms with van der Waals surface area (Å²) in [7, 11) is 0. The minimum absolute atomic E-state index is 0.0760. The Labute approximate surface area is 143 Å². The quantitative estimate of drug-likeness (QED) is 0.727. The van der Waals surface area contributed by atoms with E-state index in [2.05, 4.69) is 10.1 Å². The Morgan fingerprint density at radius 3 is 2.68 bits per heavy atom. The zero-order chi connectivity index (χ0) is 17.2. The Morgan fingerprint density at radius 1 is 1.16 bits per heavy atom. The molecule has 0 atom stereocenters. The van der Waals surface area contributed by atoms with Crippen LogP contribution in [-0.2, 0) is 11.3 Å². The molecule has 0 spiro atoms. The summed E-state index contributed by atoms with van der Waals surface area (Å²) in [5.41, 5.74) is 1.64. The van der Waals surface area contributed by atoms with E-state index in [0.717, 1.165) is 31.5 Å². The second-order valence-corrected chi connectivity index (χ2v) is 6.16. The summed E-state index contributed by atoms with van der Waals surface area (Å²) in [6.07, 6.45) is 3.86. The number of aryl methyl sites for hydroxylation is 1. The normalized spacial score (nSPS) is 14.3. The molecule has 4 rings (SSSR count). The van der Waals surface area contributed by atoms with E-state index < -0.39 is 0 Å². The van der Waals surface area contributed by atoms with Gasteiger partial charge in [-0.2, -0.15) is 0 Å². The lowest BCUT2D eigenvalue weighted by molar-refractivity contribution is -0.130. The lowest BCUT2D eigenvalue weighted by Gasteiger charge is -2.15. The SMILES string of the molecule is O=C(CCn1cnc2c(-c3ccccc3)noc2c1=O)N1CCCC1. The molecule has 25 heavy (non-hydrogen) atoms. The Bertz CT molecular complexity index is 955. The number of carbonyl (C=O) groups excluding carboxylic acids is 1. The Balaban J connectivity index is 1.58. The van der Waals surface area contributed by atoms with Crippen LogP contribution in [0.3, 0.4) is 0 Å². The van der Waals surface area contributed by atoms with E-state index in [9.17, 15) is 9.59 Å². The first-order valence-electron chi connectivity index (χ1n) is 8.42. The van der Waals surface area contributed by atoms with E-state index in [1.165, 1.54) is 10.9 Å². The molecule has 3 aromatic rings. The second kappa shape index (κ2) is 6.51. The molecule has 0 radical (unpaired) electrons. The van der Waals surface area contributed by atoms with Gasteiger partial charge in [0.1, 0.15) is 11.2 Å². The molecule has 0 unspecified atom stereocenters. The predicted octanol–water partition coefficient (Wildman–Crippen LogP) is 2.06. The fourth-order valence-corrected chi connectivity index (χ4v) is 3.14. The maximum Gasteiger partial charge on any atom is 0.299 e. The molecule has 1 aliphatic rings. The molecule has 128 valence electrons. The molecular weight excluding hydrogens is 320 g/mol. The highest BCUT2D eigenvalue weighted by Gasteiger charge is 2.19. The van der Waals surface area contributed by atoms with Crippen molar-refractivity contribution in [2.75, 3.05) is 13.1 Å². The van der Waals surface area contributed by atoms with Crippen molar-refractivity contribution in [1.29, 1.82) is 0 Å². The molecule has 2 aromatic heterocycles. The molecular formula is C18H18N4O3. The first-order chi connectivity index (χ1) is 12.2. The van der Waals surface area contributed by atoms with Crippen LogP contribution in [0.1, 0.15) is 19.3 Å². The van der Waals surface area contributed by atoms with Crippen molar-refractivity contribution in [2.24, 2.45) is 0 Å². The molecule has 1 saturated heterocycles. The van der Waals surface area contributed by atoms with Crippen LogP contribution < -0.4 is 5.56 Å². The van der Waals surface area contributed by atoms with Gasteiger partial charge >= 0.3 is 0 Å². The van der Waals surface area contributed by atoms with Crippen LogP contribution in [-0.4, -0.2) is 38.6 Å². The van der Waals surface area contributed by atoms with Crippen LogP contribution >= 0.6 is 0 Å². The summed E-state index contributed by atoms with van der Waals surface area (Å²) in [5, 5.41) is 4.00. The monoisotopic (exact) mass is 338 g/mol. The van der Waals surface area contributed by atoms with Gasteiger partial charge < -0.3 is 9.42 Å². The van der Waals surface area contributed by atoms with Crippen molar-refractivity contribution in [3.63, 3.8) is 0 Å². The number of carbonyl (C=O) groups is 1. The van der Waals surface area contributed by atoms with E-state index in [0.29, 0.717) is 17.8 Å². The van der Waals surface area contributed by atoms with E-state index in [1.54, 1.807) is 0 Å². The molecule has 0 bridgehead atoms. The zero-order valence-electron chi connectivity index (χ0n) is 13.7. The number of nitrogens with zero attached hydrogens (tertiary/aromatic N) is 4. The average molecular weight is 338 g/mol. The number of aromatic nitrogens is 3. The third kappa shape index (κ3) is 2.93. The summed E-state index contributed by atoms with van der Waals surface area (Å²) >= 11 is 0. The van der Waals surface area contributed by atoms with Crippen LogP contribution in [0.5, 0.6) is 0 Å². The number of rotatable bonds is 4. The molecule has 1 aliphatic heterocycles. The minimum atomic E-state index is -0.311. The van der Waals surface area contributed by atoms with Gasteiger partial charge in [-0.1, -0.05) is 35.5 Å². The molecule has 1 aromatic carbocycles. The number of benzene rings is 1. The molecule has 0 N–H and O–H groups in total. The number of amides is 1. The Kier molecular flexibility index (Phi) is 4.05. The standard InChI is InChI=1S/C18H18N4O3/c23-14(21-9-4-5-10-21)8-11-22-12-19-16-15(13-6-2-1-3-7-13)20-25-17(16)18(22)24/h1-3,6-7,12H,4-5,8-11H2. The summed E-state index contributed by atoms with van der Waals surface area (Å²) in [5.74, 6) is 0.0760. The maximum atomic E-state index is 12.6. The van der Waals surface area contributed by atoms with E-state index >= 15 is 0 Å². The first kappa shape index (κ1) is 15.6. The van der Waals surface area contributed by atoms with Crippen molar-refractivity contribution in [3.05, 3.63) is 47.0 Å². The van der Waals surface area contributed by atoms with Gasteiger partial charge in [-0.3, -0.25) is 14.2 Å². The molecule has 0 saturated carbocycles.